The first-order chi connectivity index (χ1) is 7.91. The third-order valence-electron chi connectivity index (χ3n) is 2.24. The maximum atomic E-state index is 13.2. The minimum atomic E-state index is -3.85. The Morgan fingerprint density at radius 1 is 1.53 bits per heavy atom. The fourth-order valence-electron chi connectivity index (χ4n) is 1.24. The number of benzene rings is 1. The molecule has 2 N–H and O–H groups in total. The number of nitrogen functional groups attached to an aromatic ring is 1. The first kappa shape index (κ1) is 13.4. The van der Waals surface area contributed by atoms with Crippen molar-refractivity contribution >= 4 is 15.7 Å². The largest absolute Gasteiger partial charge is 0.395 e. The molecule has 0 bridgehead atoms. The highest BCUT2D eigenvalue weighted by atomic mass is 32.2. The van der Waals surface area contributed by atoms with Gasteiger partial charge in [0.25, 0.3) is 0 Å². The summed E-state index contributed by atoms with van der Waals surface area (Å²) >= 11 is 0. The molecule has 7 heteroatoms. The van der Waals surface area contributed by atoms with Crippen molar-refractivity contribution in [2.45, 2.75) is 11.3 Å². The average Bonchev–Trinajstić information content (AvgIpc) is 2.29. The first-order valence-corrected chi connectivity index (χ1v) is 6.22. The Bertz CT molecular complexity index is 551. The standard InChI is InChI=1S/C10H12FN3O2S/c1-14(7-3-6-12)17(15,16)9-5-2-4-8(11)10(9)13/h2,4-5H,3,7,13H2,1H3. The Kier molecular flexibility index (Phi) is 4.04. The molecule has 0 amide bonds. The number of nitriles is 1. The van der Waals surface area contributed by atoms with Crippen molar-refractivity contribution in [2.75, 3.05) is 19.3 Å². The van der Waals surface area contributed by atoms with E-state index in [9.17, 15) is 12.8 Å². The molecule has 0 unspecified atom stereocenters. The lowest BCUT2D eigenvalue weighted by Crippen LogP contribution is -2.28. The molecular weight excluding hydrogens is 245 g/mol. The van der Waals surface area contributed by atoms with Gasteiger partial charge >= 0.3 is 0 Å². The molecule has 0 saturated heterocycles. The van der Waals surface area contributed by atoms with E-state index in [1.807, 2.05) is 6.07 Å². The minimum Gasteiger partial charge on any atom is -0.395 e. The summed E-state index contributed by atoms with van der Waals surface area (Å²) in [5.74, 6) is -0.778. The molecule has 0 atom stereocenters. The van der Waals surface area contributed by atoms with E-state index in [0.29, 0.717) is 0 Å². The minimum absolute atomic E-state index is 0.0365. The van der Waals surface area contributed by atoms with Gasteiger partial charge in [-0.2, -0.15) is 9.57 Å². The predicted molar refractivity (Wildman–Crippen MR) is 60.9 cm³/mol. The highest BCUT2D eigenvalue weighted by Gasteiger charge is 2.24. The number of hydrogen-bond donors (Lipinski definition) is 1. The molecule has 1 rings (SSSR count). The van der Waals surface area contributed by atoms with Crippen molar-refractivity contribution in [3.05, 3.63) is 24.0 Å². The Labute approximate surface area is 99.3 Å². The normalized spacial score (nSPS) is 11.4. The zero-order chi connectivity index (χ0) is 13.1. The molecule has 0 aliphatic carbocycles. The number of para-hydroxylation sites is 1. The van der Waals surface area contributed by atoms with Crippen LogP contribution in [0.5, 0.6) is 0 Å². The first-order valence-electron chi connectivity index (χ1n) is 4.78. The lowest BCUT2D eigenvalue weighted by Gasteiger charge is -2.17. The van der Waals surface area contributed by atoms with Crippen LogP contribution in [0.4, 0.5) is 10.1 Å². The Hall–Kier alpha value is -1.65. The second-order valence-corrected chi connectivity index (χ2v) is 5.40. The van der Waals surface area contributed by atoms with Gasteiger partial charge in [0.15, 0.2) is 0 Å². The second-order valence-electron chi connectivity index (χ2n) is 3.39. The second kappa shape index (κ2) is 5.12. The topological polar surface area (TPSA) is 87.2 Å². The van der Waals surface area contributed by atoms with E-state index in [0.717, 1.165) is 10.4 Å². The number of anilines is 1. The monoisotopic (exact) mass is 257 g/mol. The van der Waals surface area contributed by atoms with Crippen LogP contribution in [0.1, 0.15) is 6.42 Å². The van der Waals surface area contributed by atoms with Crippen LogP contribution in [0.15, 0.2) is 23.1 Å². The van der Waals surface area contributed by atoms with Crippen LogP contribution in [0.2, 0.25) is 0 Å². The van der Waals surface area contributed by atoms with Gasteiger partial charge in [0, 0.05) is 20.0 Å². The molecule has 1 aromatic rings. The van der Waals surface area contributed by atoms with Gasteiger partial charge < -0.3 is 5.73 Å². The number of rotatable bonds is 4. The van der Waals surface area contributed by atoms with Crippen LogP contribution >= 0.6 is 0 Å². The number of nitrogens with zero attached hydrogens (tertiary/aromatic N) is 2. The van der Waals surface area contributed by atoms with Gasteiger partial charge in [0.2, 0.25) is 10.0 Å². The highest BCUT2D eigenvalue weighted by Crippen LogP contribution is 2.23. The lowest BCUT2D eigenvalue weighted by atomic mass is 10.3. The smallest absolute Gasteiger partial charge is 0.245 e. The molecular formula is C10H12FN3O2S. The Balaban J connectivity index is 3.14. The molecule has 1 aromatic carbocycles. The Morgan fingerprint density at radius 3 is 2.76 bits per heavy atom. The zero-order valence-corrected chi connectivity index (χ0v) is 10.0. The summed E-state index contributed by atoms with van der Waals surface area (Å²) in [4.78, 5) is -0.280. The van der Waals surface area contributed by atoms with Crippen LogP contribution in [-0.2, 0) is 10.0 Å². The summed E-state index contributed by atoms with van der Waals surface area (Å²) in [6, 6.07) is 5.43. The molecule has 0 aliphatic rings. The van der Waals surface area contributed by atoms with Gasteiger partial charge in [-0.05, 0) is 12.1 Å². The summed E-state index contributed by atoms with van der Waals surface area (Å²) in [5, 5.41) is 8.39. The number of hydrogen-bond acceptors (Lipinski definition) is 4. The van der Waals surface area contributed by atoms with E-state index in [1.54, 1.807) is 0 Å². The van der Waals surface area contributed by atoms with E-state index in [4.69, 9.17) is 11.0 Å². The molecule has 0 heterocycles. The molecule has 0 saturated carbocycles. The fraction of sp³-hybridized carbons (Fsp3) is 0.300. The summed E-state index contributed by atoms with van der Waals surface area (Å²) in [7, 11) is -2.53. The van der Waals surface area contributed by atoms with E-state index in [-0.39, 0.29) is 17.9 Å². The maximum absolute atomic E-state index is 13.2. The summed E-state index contributed by atoms with van der Waals surface area (Å²) in [6.07, 6.45) is 0.0605. The molecule has 0 aliphatic heterocycles. The average molecular weight is 257 g/mol. The van der Waals surface area contributed by atoms with Gasteiger partial charge in [-0.3, -0.25) is 0 Å². The van der Waals surface area contributed by atoms with Crippen LogP contribution < -0.4 is 5.73 Å². The summed E-state index contributed by atoms with van der Waals surface area (Å²) < 4.78 is 38.1. The van der Waals surface area contributed by atoms with Crippen LogP contribution in [-0.4, -0.2) is 26.3 Å². The van der Waals surface area contributed by atoms with Crippen LogP contribution in [0.3, 0.4) is 0 Å². The Morgan fingerprint density at radius 2 is 2.18 bits per heavy atom. The lowest BCUT2D eigenvalue weighted by molar-refractivity contribution is 0.476. The van der Waals surface area contributed by atoms with E-state index in [1.165, 1.54) is 19.2 Å². The number of sulfonamides is 1. The SMILES string of the molecule is CN(CCC#N)S(=O)(=O)c1cccc(F)c1N. The zero-order valence-electron chi connectivity index (χ0n) is 9.22. The van der Waals surface area contributed by atoms with Crippen molar-refractivity contribution < 1.29 is 12.8 Å². The molecule has 0 fully saturated rings. The summed E-state index contributed by atoms with van der Waals surface area (Å²) in [5.41, 5.74) is 4.98. The predicted octanol–water partition coefficient (Wildman–Crippen LogP) is 0.942. The van der Waals surface area contributed by atoms with Gasteiger partial charge in [-0.1, -0.05) is 6.07 Å². The van der Waals surface area contributed by atoms with Crippen molar-refractivity contribution in [2.24, 2.45) is 0 Å². The molecule has 5 nitrogen and oxygen atoms in total. The number of halogens is 1. The van der Waals surface area contributed by atoms with Gasteiger partial charge in [-0.15, -0.1) is 0 Å². The third kappa shape index (κ3) is 2.72. The molecule has 0 spiro atoms. The van der Waals surface area contributed by atoms with Gasteiger partial charge in [0.05, 0.1) is 11.8 Å². The fourth-order valence-corrected chi connectivity index (χ4v) is 2.53. The van der Waals surface area contributed by atoms with Crippen LogP contribution in [0.25, 0.3) is 0 Å². The van der Waals surface area contributed by atoms with Crippen LogP contribution in [0, 0.1) is 17.1 Å². The summed E-state index contributed by atoms with van der Waals surface area (Å²) in [6.45, 7) is 0.0365. The van der Waals surface area contributed by atoms with E-state index >= 15 is 0 Å². The van der Waals surface area contributed by atoms with Crippen molar-refractivity contribution in [1.29, 1.82) is 5.26 Å². The molecule has 0 radical (unpaired) electrons. The van der Waals surface area contributed by atoms with E-state index < -0.39 is 21.5 Å². The van der Waals surface area contributed by atoms with Crippen molar-refractivity contribution in [1.82, 2.24) is 4.31 Å². The van der Waals surface area contributed by atoms with Crippen molar-refractivity contribution in [3.8, 4) is 6.07 Å². The third-order valence-corrected chi connectivity index (χ3v) is 4.15. The molecule has 0 aromatic heterocycles. The molecule has 17 heavy (non-hydrogen) atoms. The van der Waals surface area contributed by atoms with Gasteiger partial charge in [0.1, 0.15) is 10.7 Å². The van der Waals surface area contributed by atoms with Gasteiger partial charge in [-0.25, -0.2) is 12.8 Å². The van der Waals surface area contributed by atoms with E-state index in [2.05, 4.69) is 0 Å². The van der Waals surface area contributed by atoms with Crippen molar-refractivity contribution in [3.63, 3.8) is 0 Å². The maximum Gasteiger partial charge on any atom is 0.245 e. The number of nitrogens with two attached hydrogens (primary N) is 1. The molecule has 92 valence electrons. The highest BCUT2D eigenvalue weighted by molar-refractivity contribution is 7.89. The quantitative estimate of drug-likeness (QED) is 0.813.